The van der Waals surface area contributed by atoms with Crippen LogP contribution in [0.2, 0.25) is 0 Å². The fourth-order valence-corrected chi connectivity index (χ4v) is 2.34. The molecule has 0 aliphatic carbocycles. The molecule has 2 rings (SSSR count). The lowest BCUT2D eigenvalue weighted by Gasteiger charge is -2.24. The number of hydrogen-bond acceptors (Lipinski definition) is 2. The fourth-order valence-electron chi connectivity index (χ4n) is 2.34. The summed E-state index contributed by atoms with van der Waals surface area (Å²) in [5.74, 6) is 0.680. The summed E-state index contributed by atoms with van der Waals surface area (Å²) < 4.78 is 0. The average molecular weight is 200 g/mol. The molecule has 1 aromatic carbocycles. The van der Waals surface area contributed by atoms with E-state index in [1.165, 1.54) is 24.0 Å². The van der Waals surface area contributed by atoms with E-state index in [9.17, 15) is 0 Å². The van der Waals surface area contributed by atoms with Crippen molar-refractivity contribution in [1.82, 2.24) is 5.32 Å². The van der Waals surface area contributed by atoms with Crippen LogP contribution in [0.1, 0.15) is 35.4 Å². The van der Waals surface area contributed by atoms with Gasteiger partial charge in [0.2, 0.25) is 0 Å². The Hall–Kier alpha value is -1.33. The molecule has 1 aliphatic rings. The summed E-state index contributed by atoms with van der Waals surface area (Å²) in [6.45, 7) is 4.34. The molecule has 0 atom stereocenters. The first kappa shape index (κ1) is 10.2. The summed E-state index contributed by atoms with van der Waals surface area (Å²) >= 11 is 0. The average Bonchev–Trinajstić information content (AvgIpc) is 2.30. The first-order valence-corrected chi connectivity index (χ1v) is 5.52. The second-order valence-corrected chi connectivity index (χ2v) is 4.21. The number of hydrogen-bond donors (Lipinski definition) is 1. The van der Waals surface area contributed by atoms with Gasteiger partial charge in [-0.15, -0.1) is 0 Å². The van der Waals surface area contributed by atoms with Gasteiger partial charge in [-0.05, 0) is 62.0 Å². The third-order valence-corrected chi connectivity index (χ3v) is 3.18. The highest BCUT2D eigenvalue weighted by atomic mass is 14.9. The minimum absolute atomic E-state index is 0.680. The molecule has 0 radical (unpaired) electrons. The van der Waals surface area contributed by atoms with Gasteiger partial charge >= 0.3 is 0 Å². The van der Waals surface area contributed by atoms with E-state index in [-0.39, 0.29) is 0 Å². The van der Waals surface area contributed by atoms with Crippen LogP contribution in [0, 0.1) is 18.3 Å². The van der Waals surface area contributed by atoms with E-state index in [4.69, 9.17) is 5.26 Å². The van der Waals surface area contributed by atoms with Crippen LogP contribution in [0.4, 0.5) is 0 Å². The van der Waals surface area contributed by atoms with Crippen molar-refractivity contribution < 1.29 is 0 Å². The Morgan fingerprint density at radius 3 is 2.67 bits per heavy atom. The first-order chi connectivity index (χ1) is 7.31. The monoisotopic (exact) mass is 200 g/mol. The van der Waals surface area contributed by atoms with Gasteiger partial charge in [0.15, 0.2) is 0 Å². The van der Waals surface area contributed by atoms with Gasteiger partial charge < -0.3 is 5.32 Å². The Kier molecular flexibility index (Phi) is 3.03. The van der Waals surface area contributed by atoms with E-state index in [0.29, 0.717) is 5.92 Å². The number of piperidine rings is 1. The van der Waals surface area contributed by atoms with Gasteiger partial charge in [0.05, 0.1) is 11.6 Å². The second kappa shape index (κ2) is 4.46. The molecule has 0 unspecified atom stereocenters. The van der Waals surface area contributed by atoms with E-state index in [2.05, 4.69) is 24.4 Å². The van der Waals surface area contributed by atoms with Crippen LogP contribution in [0.5, 0.6) is 0 Å². The van der Waals surface area contributed by atoms with Crippen LogP contribution in [-0.4, -0.2) is 13.1 Å². The van der Waals surface area contributed by atoms with E-state index in [1.54, 1.807) is 0 Å². The van der Waals surface area contributed by atoms with Crippen molar-refractivity contribution in [3.8, 4) is 6.07 Å². The van der Waals surface area contributed by atoms with Crippen molar-refractivity contribution >= 4 is 0 Å². The maximum Gasteiger partial charge on any atom is 0.0991 e. The normalized spacial score (nSPS) is 17.3. The molecule has 2 nitrogen and oxygen atoms in total. The SMILES string of the molecule is Cc1cc(C#N)ccc1C1CCNCC1. The highest BCUT2D eigenvalue weighted by molar-refractivity contribution is 5.39. The van der Waals surface area contributed by atoms with E-state index in [1.807, 2.05) is 12.1 Å². The number of nitriles is 1. The number of nitrogens with zero attached hydrogens (tertiary/aromatic N) is 1. The summed E-state index contributed by atoms with van der Waals surface area (Å²) in [5, 5.41) is 12.2. The molecule has 1 N–H and O–H groups in total. The number of aryl methyl sites for hydroxylation is 1. The Morgan fingerprint density at radius 2 is 2.07 bits per heavy atom. The smallest absolute Gasteiger partial charge is 0.0991 e. The quantitative estimate of drug-likeness (QED) is 0.755. The molecule has 2 heteroatoms. The Bertz CT molecular complexity index is 384. The van der Waals surface area contributed by atoms with Gasteiger partial charge in [0.1, 0.15) is 0 Å². The van der Waals surface area contributed by atoms with Gasteiger partial charge in [-0.25, -0.2) is 0 Å². The minimum Gasteiger partial charge on any atom is -0.317 e. The van der Waals surface area contributed by atoms with E-state index < -0.39 is 0 Å². The van der Waals surface area contributed by atoms with Crippen LogP contribution >= 0.6 is 0 Å². The molecule has 1 aromatic rings. The van der Waals surface area contributed by atoms with Crippen molar-refractivity contribution in [2.75, 3.05) is 13.1 Å². The molecule has 1 saturated heterocycles. The lowest BCUT2D eigenvalue weighted by Crippen LogP contribution is -2.26. The molecule has 15 heavy (non-hydrogen) atoms. The third kappa shape index (κ3) is 2.19. The maximum absolute atomic E-state index is 8.80. The van der Waals surface area contributed by atoms with E-state index in [0.717, 1.165) is 18.7 Å². The van der Waals surface area contributed by atoms with Crippen LogP contribution < -0.4 is 5.32 Å². The molecule has 0 saturated carbocycles. The predicted molar refractivity (Wildman–Crippen MR) is 60.7 cm³/mol. The topological polar surface area (TPSA) is 35.8 Å². The summed E-state index contributed by atoms with van der Waals surface area (Å²) in [6, 6.07) is 8.25. The summed E-state index contributed by atoms with van der Waals surface area (Å²) in [6.07, 6.45) is 2.43. The highest BCUT2D eigenvalue weighted by Gasteiger charge is 2.16. The standard InChI is InChI=1S/C13H16N2/c1-10-8-11(9-14)2-3-13(10)12-4-6-15-7-5-12/h2-3,8,12,15H,4-7H2,1H3. The maximum atomic E-state index is 8.80. The summed E-state index contributed by atoms with van der Waals surface area (Å²) in [7, 11) is 0. The Labute approximate surface area is 90.9 Å². The van der Waals surface area contributed by atoms with Crippen molar-refractivity contribution in [2.45, 2.75) is 25.7 Å². The Balaban J connectivity index is 2.24. The molecule has 0 amide bonds. The molecule has 0 spiro atoms. The zero-order valence-corrected chi connectivity index (χ0v) is 9.09. The van der Waals surface area contributed by atoms with Crippen LogP contribution in [-0.2, 0) is 0 Å². The number of nitrogens with one attached hydrogen (secondary N) is 1. The third-order valence-electron chi connectivity index (χ3n) is 3.18. The minimum atomic E-state index is 0.680. The lowest BCUT2D eigenvalue weighted by molar-refractivity contribution is 0.459. The van der Waals surface area contributed by atoms with Crippen LogP contribution in [0.3, 0.4) is 0 Å². The predicted octanol–water partition coefficient (Wildman–Crippen LogP) is 2.33. The van der Waals surface area contributed by atoms with Crippen LogP contribution in [0.15, 0.2) is 18.2 Å². The van der Waals surface area contributed by atoms with Gasteiger partial charge in [0.25, 0.3) is 0 Å². The molecule has 78 valence electrons. The Morgan fingerprint density at radius 1 is 1.33 bits per heavy atom. The van der Waals surface area contributed by atoms with Crippen molar-refractivity contribution in [3.05, 3.63) is 34.9 Å². The molecule has 1 aliphatic heterocycles. The zero-order valence-electron chi connectivity index (χ0n) is 9.09. The zero-order chi connectivity index (χ0) is 10.7. The molecular weight excluding hydrogens is 184 g/mol. The number of benzene rings is 1. The summed E-state index contributed by atoms with van der Waals surface area (Å²) in [4.78, 5) is 0. The van der Waals surface area contributed by atoms with E-state index >= 15 is 0 Å². The van der Waals surface area contributed by atoms with Crippen molar-refractivity contribution in [2.24, 2.45) is 0 Å². The van der Waals surface area contributed by atoms with Crippen molar-refractivity contribution in [3.63, 3.8) is 0 Å². The molecule has 0 bridgehead atoms. The second-order valence-electron chi connectivity index (χ2n) is 4.21. The summed E-state index contributed by atoms with van der Waals surface area (Å²) in [5.41, 5.74) is 3.46. The van der Waals surface area contributed by atoms with Gasteiger partial charge in [-0.3, -0.25) is 0 Å². The number of rotatable bonds is 1. The van der Waals surface area contributed by atoms with Crippen LogP contribution in [0.25, 0.3) is 0 Å². The van der Waals surface area contributed by atoms with Gasteiger partial charge in [-0.2, -0.15) is 5.26 Å². The largest absolute Gasteiger partial charge is 0.317 e. The van der Waals surface area contributed by atoms with Crippen molar-refractivity contribution in [1.29, 1.82) is 5.26 Å². The lowest BCUT2D eigenvalue weighted by atomic mass is 9.87. The molecule has 0 aromatic heterocycles. The molecule has 1 fully saturated rings. The van der Waals surface area contributed by atoms with Gasteiger partial charge in [-0.1, -0.05) is 6.07 Å². The fraction of sp³-hybridized carbons (Fsp3) is 0.462. The van der Waals surface area contributed by atoms with Gasteiger partial charge in [0, 0.05) is 0 Å². The highest BCUT2D eigenvalue weighted by Crippen LogP contribution is 2.28. The molecular formula is C13H16N2. The molecule has 1 heterocycles. The first-order valence-electron chi connectivity index (χ1n) is 5.52.